The summed E-state index contributed by atoms with van der Waals surface area (Å²) in [6, 6.07) is 5.71. The first kappa shape index (κ1) is 14.6. The lowest BCUT2D eigenvalue weighted by molar-refractivity contribution is 0.267. The maximum atomic E-state index is 13.7. The van der Waals surface area contributed by atoms with Crippen molar-refractivity contribution in [2.75, 3.05) is 25.1 Å². The Hall–Kier alpha value is -1.29. The van der Waals surface area contributed by atoms with Gasteiger partial charge in [0.1, 0.15) is 0 Å². The third kappa shape index (κ3) is 2.73. The van der Waals surface area contributed by atoms with Crippen LogP contribution in [0.25, 0.3) is 0 Å². The van der Waals surface area contributed by atoms with Gasteiger partial charge in [-0.2, -0.15) is 0 Å². The highest BCUT2D eigenvalue weighted by Crippen LogP contribution is 2.36. The van der Waals surface area contributed by atoms with Gasteiger partial charge in [0.15, 0.2) is 11.6 Å². The number of piperazine rings is 1. The fourth-order valence-electron chi connectivity index (χ4n) is 3.84. The van der Waals surface area contributed by atoms with Crippen LogP contribution in [0.3, 0.4) is 0 Å². The van der Waals surface area contributed by atoms with E-state index >= 15 is 0 Å². The van der Waals surface area contributed by atoms with Gasteiger partial charge in [-0.15, -0.1) is 0 Å². The summed E-state index contributed by atoms with van der Waals surface area (Å²) >= 11 is 0. The molecule has 1 aromatic rings. The lowest BCUT2D eigenvalue weighted by Gasteiger charge is -2.47. The fourth-order valence-corrected chi connectivity index (χ4v) is 3.84. The average molecular weight is 292 g/mol. The molecule has 3 rings (SSSR count). The largest absolute Gasteiger partial charge is 0.494 e. The second kappa shape index (κ2) is 5.84. The van der Waals surface area contributed by atoms with Gasteiger partial charge < -0.3 is 15.0 Å². The predicted octanol–water partition coefficient (Wildman–Crippen LogP) is 3.34. The van der Waals surface area contributed by atoms with Gasteiger partial charge in [0, 0.05) is 36.4 Å². The number of halogens is 1. The number of methoxy groups -OCH3 is 1. The molecule has 0 aromatic heterocycles. The van der Waals surface area contributed by atoms with Gasteiger partial charge in [-0.3, -0.25) is 0 Å². The van der Waals surface area contributed by atoms with Crippen molar-refractivity contribution < 1.29 is 9.13 Å². The van der Waals surface area contributed by atoms with Crippen molar-refractivity contribution >= 4 is 5.69 Å². The van der Waals surface area contributed by atoms with Crippen LogP contribution in [0, 0.1) is 5.82 Å². The van der Waals surface area contributed by atoms with Crippen LogP contribution in [-0.2, 0) is 0 Å². The molecule has 1 N–H and O–H groups in total. The minimum atomic E-state index is -0.292. The van der Waals surface area contributed by atoms with Crippen molar-refractivity contribution in [3.05, 3.63) is 24.0 Å². The smallest absolute Gasteiger partial charge is 0.165 e. The van der Waals surface area contributed by atoms with E-state index in [9.17, 15) is 4.39 Å². The Bertz CT molecular complexity index is 500. The van der Waals surface area contributed by atoms with Crippen LogP contribution in [0.5, 0.6) is 5.75 Å². The fraction of sp³-hybridized carbons (Fsp3) is 0.647. The highest BCUT2D eigenvalue weighted by Gasteiger charge is 2.40. The number of nitrogens with zero attached hydrogens (tertiary/aromatic N) is 1. The van der Waals surface area contributed by atoms with E-state index in [2.05, 4.69) is 17.1 Å². The Labute approximate surface area is 126 Å². The van der Waals surface area contributed by atoms with Crippen LogP contribution in [0.2, 0.25) is 0 Å². The Balaban J connectivity index is 1.89. The molecule has 21 heavy (non-hydrogen) atoms. The third-order valence-corrected chi connectivity index (χ3v) is 5.12. The molecular weight excluding hydrogens is 267 g/mol. The van der Waals surface area contributed by atoms with E-state index in [1.54, 1.807) is 0 Å². The highest BCUT2D eigenvalue weighted by atomic mass is 19.1. The third-order valence-electron chi connectivity index (χ3n) is 5.12. The molecule has 0 amide bonds. The summed E-state index contributed by atoms with van der Waals surface area (Å²) in [4.78, 5) is 2.45. The summed E-state index contributed by atoms with van der Waals surface area (Å²) in [5.41, 5.74) is 1.33. The van der Waals surface area contributed by atoms with E-state index in [-0.39, 0.29) is 11.4 Å². The van der Waals surface area contributed by atoms with Gasteiger partial charge in [0.05, 0.1) is 7.11 Å². The number of nitrogens with one attached hydrogen (secondary N) is 1. The van der Waals surface area contributed by atoms with Crippen molar-refractivity contribution in [1.29, 1.82) is 0 Å². The van der Waals surface area contributed by atoms with E-state index in [0.717, 1.165) is 25.2 Å². The number of rotatable bonds is 3. The van der Waals surface area contributed by atoms with Gasteiger partial charge in [-0.1, -0.05) is 19.8 Å². The minimum Gasteiger partial charge on any atom is -0.494 e. The van der Waals surface area contributed by atoms with Gasteiger partial charge in [0.25, 0.3) is 0 Å². The van der Waals surface area contributed by atoms with Crippen LogP contribution in [0.4, 0.5) is 10.1 Å². The van der Waals surface area contributed by atoms with Crippen molar-refractivity contribution in [2.24, 2.45) is 0 Å². The first-order valence-electron chi connectivity index (χ1n) is 8.03. The molecule has 1 unspecified atom stereocenters. The van der Waals surface area contributed by atoms with Crippen LogP contribution in [-0.4, -0.2) is 31.8 Å². The van der Waals surface area contributed by atoms with E-state index in [1.807, 2.05) is 12.1 Å². The normalized spacial score (nSPS) is 24.5. The topological polar surface area (TPSA) is 24.5 Å². The van der Waals surface area contributed by atoms with E-state index < -0.39 is 0 Å². The van der Waals surface area contributed by atoms with Crippen LogP contribution >= 0.6 is 0 Å². The molecule has 2 aliphatic rings. The number of hydrogen-bond acceptors (Lipinski definition) is 3. The summed E-state index contributed by atoms with van der Waals surface area (Å²) in [5, 5.41) is 3.79. The molecule has 4 heteroatoms. The average Bonchev–Trinajstić information content (AvgIpc) is 2.96. The van der Waals surface area contributed by atoms with Gasteiger partial charge >= 0.3 is 0 Å². The monoisotopic (exact) mass is 292 g/mol. The van der Waals surface area contributed by atoms with E-state index in [4.69, 9.17) is 4.74 Å². The van der Waals surface area contributed by atoms with Crippen molar-refractivity contribution in [3.63, 3.8) is 0 Å². The number of hydrogen-bond donors (Lipinski definition) is 1. The molecule has 0 radical (unpaired) electrons. The lowest BCUT2D eigenvalue weighted by Crippen LogP contribution is -2.63. The Morgan fingerprint density at radius 2 is 2.14 bits per heavy atom. The summed E-state index contributed by atoms with van der Waals surface area (Å²) in [5.74, 6) is 0.0429. The second-order valence-corrected chi connectivity index (χ2v) is 6.38. The Kier molecular flexibility index (Phi) is 4.07. The number of ether oxygens (including phenoxy) is 1. The molecule has 1 aliphatic carbocycles. The highest BCUT2D eigenvalue weighted by molar-refractivity contribution is 5.53. The summed E-state index contributed by atoms with van der Waals surface area (Å²) in [6.45, 7) is 4.24. The molecule has 1 saturated carbocycles. The lowest BCUT2D eigenvalue weighted by atomic mass is 9.91. The Morgan fingerprint density at radius 3 is 2.81 bits per heavy atom. The quantitative estimate of drug-likeness (QED) is 0.925. The zero-order valence-corrected chi connectivity index (χ0v) is 13.0. The number of benzene rings is 1. The van der Waals surface area contributed by atoms with Gasteiger partial charge in [-0.05, 0) is 31.4 Å². The summed E-state index contributed by atoms with van der Waals surface area (Å²) in [6.07, 6.45) is 6.20. The van der Waals surface area contributed by atoms with Crippen molar-refractivity contribution in [1.82, 2.24) is 5.32 Å². The molecule has 3 nitrogen and oxygen atoms in total. The van der Waals surface area contributed by atoms with Crippen molar-refractivity contribution in [3.8, 4) is 5.75 Å². The van der Waals surface area contributed by atoms with Gasteiger partial charge in [0.2, 0.25) is 0 Å². The van der Waals surface area contributed by atoms with Crippen LogP contribution in [0.15, 0.2) is 18.2 Å². The van der Waals surface area contributed by atoms with Crippen LogP contribution < -0.4 is 15.0 Å². The maximum Gasteiger partial charge on any atom is 0.165 e. The molecule has 1 atom stereocenters. The molecular formula is C17H25FN2O. The Morgan fingerprint density at radius 1 is 1.38 bits per heavy atom. The molecule has 2 fully saturated rings. The summed E-state index contributed by atoms with van der Waals surface area (Å²) in [7, 11) is 1.52. The molecule has 1 saturated heterocycles. The van der Waals surface area contributed by atoms with E-state index in [0.29, 0.717) is 11.8 Å². The first-order valence-corrected chi connectivity index (χ1v) is 8.03. The SMILES string of the molecule is CCC1CNC2(CCCC2)CN1c1ccc(F)c(OC)c1. The van der Waals surface area contributed by atoms with Crippen LogP contribution in [0.1, 0.15) is 39.0 Å². The zero-order chi connectivity index (χ0) is 14.9. The summed E-state index contributed by atoms with van der Waals surface area (Å²) < 4.78 is 18.8. The molecule has 1 aliphatic heterocycles. The van der Waals surface area contributed by atoms with E-state index in [1.165, 1.54) is 38.9 Å². The predicted molar refractivity (Wildman–Crippen MR) is 83.6 cm³/mol. The maximum absolute atomic E-state index is 13.7. The molecule has 1 heterocycles. The van der Waals surface area contributed by atoms with Crippen molar-refractivity contribution in [2.45, 2.75) is 50.6 Å². The molecule has 1 aromatic carbocycles. The zero-order valence-electron chi connectivity index (χ0n) is 13.0. The standard InChI is InChI=1S/C17H25FN2O/c1-3-13-11-19-17(8-4-5-9-17)12-20(13)14-6-7-15(18)16(10-14)21-2/h6-7,10,13,19H,3-5,8-9,11-12H2,1-2H3. The first-order chi connectivity index (χ1) is 10.2. The molecule has 0 bridgehead atoms. The second-order valence-electron chi connectivity index (χ2n) is 6.38. The number of anilines is 1. The minimum absolute atomic E-state index is 0.257. The molecule has 1 spiro atoms. The molecule has 116 valence electrons. The van der Waals surface area contributed by atoms with Gasteiger partial charge in [-0.25, -0.2) is 4.39 Å².